The van der Waals surface area contributed by atoms with Crippen LogP contribution in [0.15, 0.2) is 28.7 Å². The van der Waals surface area contributed by atoms with Gasteiger partial charge in [0.15, 0.2) is 11.5 Å². The van der Waals surface area contributed by atoms with Crippen LogP contribution in [0.1, 0.15) is 24.3 Å². The zero-order valence-corrected chi connectivity index (χ0v) is 15.5. The van der Waals surface area contributed by atoms with E-state index in [2.05, 4.69) is 27.3 Å². The van der Waals surface area contributed by atoms with Crippen LogP contribution in [0, 0.1) is 11.3 Å². The molecule has 3 rings (SSSR count). The number of benzene rings is 1. The number of hydrogen-bond donors (Lipinski definition) is 1. The summed E-state index contributed by atoms with van der Waals surface area (Å²) in [5.74, 6) is 0.363. The van der Waals surface area contributed by atoms with Crippen LogP contribution < -0.4 is 5.32 Å². The molecule has 2 heterocycles. The summed E-state index contributed by atoms with van der Waals surface area (Å²) in [6.45, 7) is 3.67. The number of fused-ring (bicyclic) bond motifs is 1. The fourth-order valence-corrected chi connectivity index (χ4v) is 3.12. The maximum Gasteiger partial charge on any atom is 0.221 e. The van der Waals surface area contributed by atoms with Crippen molar-refractivity contribution in [2.24, 2.45) is 0 Å². The van der Waals surface area contributed by atoms with E-state index < -0.39 is 0 Å². The number of aryl methyl sites for hydroxylation is 1. The smallest absolute Gasteiger partial charge is 0.221 e. The van der Waals surface area contributed by atoms with Crippen LogP contribution in [0.2, 0.25) is 0 Å². The van der Waals surface area contributed by atoms with E-state index in [0.29, 0.717) is 12.3 Å². The van der Waals surface area contributed by atoms with Crippen LogP contribution in [0.4, 0.5) is 0 Å². The SMILES string of the molecule is COCCN1CC=C(c2ccc3nc(CCC(=O)NCC#N)oc3c2)CC1. The van der Waals surface area contributed by atoms with Crippen molar-refractivity contribution < 1.29 is 13.9 Å². The highest BCUT2D eigenvalue weighted by Gasteiger charge is 2.14. The van der Waals surface area contributed by atoms with Crippen LogP contribution in [0.5, 0.6) is 0 Å². The van der Waals surface area contributed by atoms with Crippen molar-refractivity contribution in [3.8, 4) is 6.07 Å². The first-order valence-corrected chi connectivity index (χ1v) is 9.13. The lowest BCUT2D eigenvalue weighted by Crippen LogP contribution is -2.31. The second-order valence-corrected chi connectivity index (χ2v) is 6.50. The Kier molecular flexibility index (Phi) is 6.58. The highest BCUT2D eigenvalue weighted by molar-refractivity contribution is 5.80. The monoisotopic (exact) mass is 368 g/mol. The van der Waals surface area contributed by atoms with Gasteiger partial charge in [0.2, 0.25) is 5.91 Å². The molecular formula is C20H24N4O3. The minimum atomic E-state index is -0.176. The van der Waals surface area contributed by atoms with Crippen molar-refractivity contribution in [3.05, 3.63) is 35.7 Å². The van der Waals surface area contributed by atoms with Crippen LogP contribution in [0.25, 0.3) is 16.7 Å². The van der Waals surface area contributed by atoms with Gasteiger partial charge in [0.1, 0.15) is 12.1 Å². The quantitative estimate of drug-likeness (QED) is 0.718. The molecule has 7 heteroatoms. The Labute approximate surface area is 158 Å². The van der Waals surface area contributed by atoms with Gasteiger partial charge in [0, 0.05) is 39.6 Å². The molecule has 142 valence electrons. The van der Waals surface area contributed by atoms with Crippen molar-refractivity contribution in [2.75, 3.05) is 39.9 Å². The average molecular weight is 368 g/mol. The number of ether oxygens (including phenoxy) is 1. The van der Waals surface area contributed by atoms with Gasteiger partial charge < -0.3 is 14.5 Å². The second kappa shape index (κ2) is 9.31. The predicted molar refractivity (Wildman–Crippen MR) is 102 cm³/mol. The summed E-state index contributed by atoms with van der Waals surface area (Å²) in [7, 11) is 1.73. The molecule has 1 aliphatic rings. The minimum absolute atomic E-state index is 0.0216. The molecular weight excluding hydrogens is 344 g/mol. The van der Waals surface area contributed by atoms with Crippen molar-refractivity contribution in [1.29, 1.82) is 5.26 Å². The normalized spacial score (nSPS) is 14.7. The number of aromatic nitrogens is 1. The van der Waals surface area contributed by atoms with E-state index in [1.807, 2.05) is 18.2 Å². The number of methoxy groups -OCH3 is 1. The topological polar surface area (TPSA) is 91.4 Å². The molecule has 0 fully saturated rings. The molecule has 0 unspecified atom stereocenters. The van der Waals surface area contributed by atoms with Gasteiger partial charge in [-0.2, -0.15) is 5.26 Å². The highest BCUT2D eigenvalue weighted by Crippen LogP contribution is 2.26. The number of nitrogens with zero attached hydrogens (tertiary/aromatic N) is 3. The van der Waals surface area contributed by atoms with Gasteiger partial charge in [-0.25, -0.2) is 4.98 Å². The summed E-state index contributed by atoms with van der Waals surface area (Å²) in [5, 5.41) is 11.0. The molecule has 0 atom stereocenters. The lowest BCUT2D eigenvalue weighted by molar-refractivity contribution is -0.120. The molecule has 1 amide bonds. The molecule has 1 aromatic carbocycles. The first-order chi connectivity index (χ1) is 13.2. The molecule has 0 bridgehead atoms. The maximum absolute atomic E-state index is 11.6. The number of amides is 1. The third-order valence-electron chi connectivity index (χ3n) is 4.64. The second-order valence-electron chi connectivity index (χ2n) is 6.50. The van der Waals surface area contributed by atoms with E-state index in [1.165, 1.54) is 5.57 Å². The number of nitriles is 1. The van der Waals surface area contributed by atoms with Crippen molar-refractivity contribution >= 4 is 22.6 Å². The number of oxazole rings is 1. The van der Waals surface area contributed by atoms with Gasteiger partial charge in [0.25, 0.3) is 0 Å². The number of carbonyl (C=O) groups excluding carboxylic acids is 1. The first-order valence-electron chi connectivity index (χ1n) is 9.13. The third-order valence-corrected chi connectivity index (χ3v) is 4.64. The Morgan fingerprint density at radius 3 is 3.11 bits per heavy atom. The Bertz CT molecular complexity index is 866. The molecule has 7 nitrogen and oxygen atoms in total. The lowest BCUT2D eigenvalue weighted by atomic mass is 9.99. The fraction of sp³-hybridized carbons (Fsp3) is 0.450. The molecule has 1 N–H and O–H groups in total. The number of hydrogen-bond acceptors (Lipinski definition) is 6. The van der Waals surface area contributed by atoms with Gasteiger partial charge in [0.05, 0.1) is 12.7 Å². The molecule has 0 saturated heterocycles. The van der Waals surface area contributed by atoms with Crippen molar-refractivity contribution in [3.63, 3.8) is 0 Å². The van der Waals surface area contributed by atoms with E-state index in [4.69, 9.17) is 14.4 Å². The number of rotatable bonds is 8. The van der Waals surface area contributed by atoms with Crippen LogP contribution in [-0.4, -0.2) is 55.7 Å². The van der Waals surface area contributed by atoms with Crippen LogP contribution >= 0.6 is 0 Å². The molecule has 27 heavy (non-hydrogen) atoms. The van der Waals surface area contributed by atoms with E-state index in [0.717, 1.165) is 49.3 Å². The third kappa shape index (κ3) is 5.16. The minimum Gasteiger partial charge on any atom is -0.441 e. The summed E-state index contributed by atoms with van der Waals surface area (Å²) in [4.78, 5) is 18.4. The zero-order valence-electron chi connectivity index (χ0n) is 15.5. The van der Waals surface area contributed by atoms with Gasteiger partial charge >= 0.3 is 0 Å². The van der Waals surface area contributed by atoms with E-state index >= 15 is 0 Å². The molecule has 2 aromatic rings. The Morgan fingerprint density at radius 2 is 2.37 bits per heavy atom. The van der Waals surface area contributed by atoms with Gasteiger partial charge in [-0.3, -0.25) is 9.69 Å². The summed E-state index contributed by atoms with van der Waals surface area (Å²) < 4.78 is 11.0. The van der Waals surface area contributed by atoms with Crippen molar-refractivity contribution in [2.45, 2.75) is 19.3 Å². The predicted octanol–water partition coefficient (Wildman–Crippen LogP) is 2.14. The summed E-state index contributed by atoms with van der Waals surface area (Å²) in [6, 6.07) is 7.95. The maximum atomic E-state index is 11.6. The Balaban J connectivity index is 1.63. The number of carbonyl (C=O) groups is 1. The highest BCUT2D eigenvalue weighted by atomic mass is 16.5. The summed E-state index contributed by atoms with van der Waals surface area (Å²) in [6.07, 6.45) is 3.93. The summed E-state index contributed by atoms with van der Waals surface area (Å²) >= 11 is 0. The Morgan fingerprint density at radius 1 is 1.48 bits per heavy atom. The van der Waals surface area contributed by atoms with Crippen LogP contribution in [0.3, 0.4) is 0 Å². The molecule has 0 spiro atoms. The van der Waals surface area contributed by atoms with Gasteiger partial charge in [-0.05, 0) is 29.7 Å². The Hall–Kier alpha value is -2.69. The van der Waals surface area contributed by atoms with Gasteiger partial charge in [-0.1, -0.05) is 12.1 Å². The first kappa shape index (κ1) is 19.1. The van der Waals surface area contributed by atoms with E-state index in [-0.39, 0.29) is 18.9 Å². The standard InChI is InChI=1S/C20H24N4O3/c1-26-13-12-24-10-6-15(7-11-24)16-2-3-17-18(14-16)27-20(23-17)5-4-19(25)22-9-8-21/h2-3,6,14H,4-5,7,9-13H2,1H3,(H,22,25). The lowest BCUT2D eigenvalue weighted by Gasteiger charge is -2.26. The molecule has 0 saturated carbocycles. The average Bonchev–Trinajstić information content (AvgIpc) is 3.11. The summed E-state index contributed by atoms with van der Waals surface area (Å²) in [5.41, 5.74) is 4.01. The zero-order chi connectivity index (χ0) is 19.1. The van der Waals surface area contributed by atoms with Crippen molar-refractivity contribution in [1.82, 2.24) is 15.2 Å². The number of nitrogens with one attached hydrogen (secondary N) is 1. The largest absolute Gasteiger partial charge is 0.441 e. The molecule has 0 aliphatic carbocycles. The van der Waals surface area contributed by atoms with Gasteiger partial charge in [-0.15, -0.1) is 0 Å². The van der Waals surface area contributed by atoms with E-state index in [1.54, 1.807) is 7.11 Å². The molecule has 1 aromatic heterocycles. The molecule has 0 radical (unpaired) electrons. The fourth-order valence-electron chi connectivity index (χ4n) is 3.12. The van der Waals surface area contributed by atoms with Crippen LogP contribution in [-0.2, 0) is 16.0 Å². The molecule has 1 aliphatic heterocycles. The van der Waals surface area contributed by atoms with E-state index in [9.17, 15) is 4.79 Å².